The largest absolute Gasteiger partial charge is 0.508 e. The van der Waals surface area contributed by atoms with E-state index in [1.807, 2.05) is 0 Å². The van der Waals surface area contributed by atoms with Gasteiger partial charge in [0.2, 0.25) is 0 Å². The molecule has 0 aliphatic heterocycles. The van der Waals surface area contributed by atoms with Crippen LogP contribution in [0.1, 0.15) is 71.6 Å². The lowest BCUT2D eigenvalue weighted by Gasteiger charge is -2.58. The fraction of sp³-hybridized carbons (Fsp3) is 0.857. The minimum atomic E-state index is -0.503. The average Bonchev–Trinajstić information content (AvgIpc) is 2.91. The van der Waals surface area contributed by atoms with E-state index in [1.54, 1.807) is 5.57 Å². The van der Waals surface area contributed by atoms with Crippen molar-refractivity contribution < 1.29 is 14.3 Å². The van der Waals surface area contributed by atoms with Crippen LogP contribution in [0.4, 0.5) is 4.79 Å². The van der Waals surface area contributed by atoms with E-state index in [9.17, 15) is 4.79 Å². The maximum absolute atomic E-state index is 11.7. The summed E-state index contributed by atoms with van der Waals surface area (Å²) in [6, 6.07) is 0. The summed E-state index contributed by atoms with van der Waals surface area (Å²) in [5, 5.41) is 0. The molecule has 0 amide bonds. The SMILES string of the molecule is COC(=O)O[C@H]1CC[C@H]2[C@@H]3CCC4=CCCC[C@]4(C)[C@H]3CC[C@]12C. The molecular formula is C21H32O3. The van der Waals surface area contributed by atoms with Crippen molar-refractivity contribution in [2.24, 2.45) is 28.6 Å². The summed E-state index contributed by atoms with van der Waals surface area (Å²) in [5.74, 6) is 2.37. The van der Waals surface area contributed by atoms with E-state index in [4.69, 9.17) is 9.47 Å². The van der Waals surface area contributed by atoms with E-state index < -0.39 is 6.16 Å². The van der Waals surface area contributed by atoms with E-state index in [2.05, 4.69) is 19.9 Å². The summed E-state index contributed by atoms with van der Waals surface area (Å²) < 4.78 is 10.4. The lowest BCUT2D eigenvalue weighted by atomic mass is 9.47. The topological polar surface area (TPSA) is 35.5 Å². The molecule has 3 nitrogen and oxygen atoms in total. The van der Waals surface area contributed by atoms with Crippen molar-refractivity contribution in [1.29, 1.82) is 0 Å². The number of carbonyl (C=O) groups is 1. The number of methoxy groups -OCH3 is 1. The molecule has 24 heavy (non-hydrogen) atoms. The first kappa shape index (κ1) is 16.5. The van der Waals surface area contributed by atoms with E-state index in [0.717, 1.165) is 18.3 Å². The highest BCUT2D eigenvalue weighted by Gasteiger charge is 2.59. The fourth-order valence-corrected chi connectivity index (χ4v) is 7.06. The molecule has 0 aromatic heterocycles. The number of hydrogen-bond acceptors (Lipinski definition) is 3. The first-order valence-electron chi connectivity index (χ1n) is 9.93. The third-order valence-corrected chi connectivity index (χ3v) is 8.35. The second kappa shape index (κ2) is 5.78. The predicted molar refractivity (Wildman–Crippen MR) is 93.6 cm³/mol. The van der Waals surface area contributed by atoms with Gasteiger partial charge in [-0.1, -0.05) is 25.5 Å². The van der Waals surface area contributed by atoms with Crippen molar-refractivity contribution in [3.63, 3.8) is 0 Å². The van der Waals surface area contributed by atoms with E-state index in [0.29, 0.717) is 11.3 Å². The van der Waals surface area contributed by atoms with Crippen molar-refractivity contribution >= 4 is 6.16 Å². The van der Waals surface area contributed by atoms with Gasteiger partial charge in [-0.25, -0.2) is 4.79 Å². The van der Waals surface area contributed by atoms with Crippen LogP contribution in [0.25, 0.3) is 0 Å². The van der Waals surface area contributed by atoms with Gasteiger partial charge in [-0.3, -0.25) is 0 Å². The number of fused-ring (bicyclic) bond motifs is 5. The molecular weight excluding hydrogens is 300 g/mol. The lowest BCUT2D eigenvalue weighted by Crippen LogP contribution is -2.51. The third-order valence-electron chi connectivity index (χ3n) is 8.35. The van der Waals surface area contributed by atoms with Crippen molar-refractivity contribution in [3.8, 4) is 0 Å². The molecule has 0 bridgehead atoms. The Morgan fingerprint density at radius 3 is 2.75 bits per heavy atom. The van der Waals surface area contributed by atoms with Crippen LogP contribution >= 0.6 is 0 Å². The summed E-state index contributed by atoms with van der Waals surface area (Å²) in [7, 11) is 1.41. The highest BCUT2D eigenvalue weighted by molar-refractivity contribution is 5.60. The Kier molecular flexibility index (Phi) is 3.97. The second-order valence-corrected chi connectivity index (χ2v) is 9.14. The molecule has 4 aliphatic carbocycles. The number of ether oxygens (including phenoxy) is 2. The molecule has 6 atom stereocenters. The predicted octanol–water partition coefficient (Wildman–Crippen LogP) is 5.49. The molecule has 0 saturated heterocycles. The Morgan fingerprint density at radius 2 is 1.96 bits per heavy atom. The fourth-order valence-electron chi connectivity index (χ4n) is 7.06. The molecule has 3 heteroatoms. The molecule has 0 radical (unpaired) electrons. The second-order valence-electron chi connectivity index (χ2n) is 9.14. The number of allylic oxidation sites excluding steroid dienone is 2. The Bertz CT molecular complexity index is 553. The third kappa shape index (κ3) is 2.26. The quantitative estimate of drug-likeness (QED) is 0.470. The first-order chi connectivity index (χ1) is 11.5. The molecule has 3 saturated carbocycles. The van der Waals surface area contributed by atoms with Gasteiger partial charge in [-0.05, 0) is 81.0 Å². The molecule has 0 aromatic carbocycles. The van der Waals surface area contributed by atoms with Gasteiger partial charge in [0.1, 0.15) is 6.10 Å². The van der Waals surface area contributed by atoms with Crippen LogP contribution in [0.15, 0.2) is 11.6 Å². The van der Waals surface area contributed by atoms with Gasteiger partial charge < -0.3 is 9.47 Å². The summed E-state index contributed by atoms with van der Waals surface area (Å²) in [5.41, 5.74) is 2.37. The Labute approximate surface area is 146 Å². The minimum absolute atomic E-state index is 0.0481. The van der Waals surface area contributed by atoms with E-state index in [1.165, 1.54) is 58.5 Å². The van der Waals surface area contributed by atoms with E-state index in [-0.39, 0.29) is 11.5 Å². The zero-order valence-electron chi connectivity index (χ0n) is 15.5. The van der Waals surface area contributed by atoms with Gasteiger partial charge in [0.25, 0.3) is 0 Å². The summed E-state index contributed by atoms with van der Waals surface area (Å²) >= 11 is 0. The number of rotatable bonds is 1. The zero-order chi connectivity index (χ0) is 16.9. The smallest absolute Gasteiger partial charge is 0.438 e. The van der Waals surface area contributed by atoms with Crippen molar-refractivity contribution in [2.45, 2.75) is 77.7 Å². The van der Waals surface area contributed by atoms with Gasteiger partial charge >= 0.3 is 6.16 Å². The van der Waals surface area contributed by atoms with Crippen molar-refractivity contribution in [2.75, 3.05) is 7.11 Å². The highest BCUT2D eigenvalue weighted by atomic mass is 16.7. The number of carbonyl (C=O) groups excluding carboxylic acids is 1. The molecule has 0 N–H and O–H groups in total. The molecule has 0 spiro atoms. The monoisotopic (exact) mass is 332 g/mol. The maximum atomic E-state index is 11.7. The molecule has 134 valence electrons. The molecule has 0 aromatic rings. The molecule has 4 aliphatic rings. The minimum Gasteiger partial charge on any atom is -0.438 e. The normalized spacial score (nSPS) is 47.0. The zero-order valence-corrected chi connectivity index (χ0v) is 15.5. The van der Waals surface area contributed by atoms with Crippen molar-refractivity contribution in [3.05, 3.63) is 11.6 Å². The molecule has 4 rings (SSSR count). The maximum Gasteiger partial charge on any atom is 0.508 e. The van der Waals surface area contributed by atoms with E-state index >= 15 is 0 Å². The van der Waals surface area contributed by atoms with Crippen molar-refractivity contribution in [1.82, 2.24) is 0 Å². The van der Waals surface area contributed by atoms with Crippen LogP contribution < -0.4 is 0 Å². The molecule has 3 fully saturated rings. The Morgan fingerprint density at radius 1 is 1.12 bits per heavy atom. The standard InChI is InChI=1S/C21H32O3/c1-20-12-5-4-6-14(20)7-8-15-16-9-10-18(24-19(22)23-3)21(16,2)13-11-17(15)20/h6,15-18H,4-5,7-13H2,1-3H3/t15-,16-,17-,18-,20-,21-/m0/s1. The average molecular weight is 332 g/mol. The van der Waals surface area contributed by atoms with Gasteiger partial charge in [0.05, 0.1) is 7.11 Å². The van der Waals surface area contributed by atoms with Crippen LogP contribution in [0, 0.1) is 28.6 Å². The first-order valence-corrected chi connectivity index (χ1v) is 9.93. The van der Waals surface area contributed by atoms with Crippen LogP contribution in [0.5, 0.6) is 0 Å². The van der Waals surface area contributed by atoms with Gasteiger partial charge in [0.15, 0.2) is 0 Å². The van der Waals surface area contributed by atoms with Crippen LogP contribution in [-0.4, -0.2) is 19.4 Å². The Hall–Kier alpha value is -0.990. The highest BCUT2D eigenvalue weighted by Crippen LogP contribution is 2.65. The summed E-state index contributed by atoms with van der Waals surface area (Å²) in [6.45, 7) is 4.93. The van der Waals surface area contributed by atoms with Crippen LogP contribution in [0.2, 0.25) is 0 Å². The summed E-state index contributed by atoms with van der Waals surface area (Å²) in [4.78, 5) is 11.7. The number of hydrogen-bond donors (Lipinski definition) is 0. The van der Waals surface area contributed by atoms with Gasteiger partial charge in [-0.2, -0.15) is 0 Å². The molecule has 0 heterocycles. The van der Waals surface area contributed by atoms with Gasteiger partial charge in [0, 0.05) is 5.41 Å². The molecule has 0 unspecified atom stereocenters. The van der Waals surface area contributed by atoms with Crippen LogP contribution in [-0.2, 0) is 9.47 Å². The van der Waals surface area contributed by atoms with Crippen LogP contribution in [0.3, 0.4) is 0 Å². The Balaban J connectivity index is 1.58. The lowest BCUT2D eigenvalue weighted by molar-refractivity contribution is -0.0848. The van der Waals surface area contributed by atoms with Gasteiger partial charge in [-0.15, -0.1) is 0 Å². The summed E-state index contributed by atoms with van der Waals surface area (Å²) in [6.07, 6.45) is 13.5.